The average molecular weight is 610 g/mol. The minimum absolute atomic E-state index is 0.0544. The van der Waals surface area contributed by atoms with Gasteiger partial charge in [-0.3, -0.25) is 0 Å². The third-order valence-corrected chi connectivity index (χ3v) is 6.30. The number of rotatable bonds is 8. The number of nitrogens with one attached hydrogen (secondary N) is 1. The van der Waals surface area contributed by atoms with Crippen LogP contribution < -0.4 is 10.1 Å². The van der Waals surface area contributed by atoms with Crippen LogP contribution in [-0.2, 0) is 24.1 Å². The second-order valence-electron chi connectivity index (χ2n) is 10.3. The zero-order chi connectivity index (χ0) is 31.7. The topological polar surface area (TPSA) is 82.1 Å². The zero-order valence-electron chi connectivity index (χ0n) is 23.4. The van der Waals surface area contributed by atoms with E-state index in [2.05, 4.69) is 24.1 Å². The Morgan fingerprint density at radius 2 is 1.62 bits per heavy atom. The molecule has 0 radical (unpaired) electrons. The predicted molar refractivity (Wildman–Crippen MR) is 140 cm³/mol. The average Bonchev–Trinajstić information content (AvgIpc) is 2.90. The minimum atomic E-state index is -5.08. The summed E-state index contributed by atoms with van der Waals surface area (Å²) in [6.07, 6.45) is -8.30. The highest BCUT2D eigenvalue weighted by Crippen LogP contribution is 2.31. The molecule has 7 nitrogen and oxygen atoms in total. The summed E-state index contributed by atoms with van der Waals surface area (Å²) in [6.45, 7) is 6.47. The highest BCUT2D eigenvalue weighted by molar-refractivity contribution is 5.74. The number of hydrogen-bond acceptors (Lipinski definition) is 4. The van der Waals surface area contributed by atoms with Gasteiger partial charge in [-0.05, 0) is 68.7 Å². The Morgan fingerprint density at radius 3 is 2.10 bits per heavy atom. The molecule has 42 heavy (non-hydrogen) atoms. The Labute approximate surface area is 239 Å². The maximum absolute atomic E-state index is 14.6. The smallest absolute Gasteiger partial charge is 0.490 e. The summed E-state index contributed by atoms with van der Waals surface area (Å²) in [5, 5.41) is 10.0. The van der Waals surface area contributed by atoms with E-state index in [4.69, 9.17) is 14.6 Å². The molecule has 2 aromatic carbocycles. The van der Waals surface area contributed by atoms with E-state index >= 15 is 0 Å². The Hall–Kier alpha value is -3.55. The lowest BCUT2D eigenvalue weighted by atomic mass is 10.0. The molecule has 14 heteroatoms. The molecular weight excluding hydrogens is 575 g/mol. The zero-order valence-corrected chi connectivity index (χ0v) is 23.4. The summed E-state index contributed by atoms with van der Waals surface area (Å²) < 4.78 is 90.8. The van der Waals surface area contributed by atoms with Crippen LogP contribution in [0.15, 0.2) is 42.5 Å². The van der Waals surface area contributed by atoms with Crippen LogP contribution in [0.25, 0.3) is 0 Å². The van der Waals surface area contributed by atoms with Crippen molar-refractivity contribution < 1.29 is 50.2 Å². The monoisotopic (exact) mass is 609 g/mol. The van der Waals surface area contributed by atoms with Crippen LogP contribution in [0.2, 0.25) is 0 Å². The fourth-order valence-electron chi connectivity index (χ4n) is 3.95. The van der Waals surface area contributed by atoms with Crippen LogP contribution in [-0.4, -0.2) is 65.9 Å². The lowest BCUT2D eigenvalue weighted by Gasteiger charge is -2.37. The van der Waals surface area contributed by atoms with Gasteiger partial charge >= 0.3 is 24.4 Å². The number of carbonyl (C=O) groups is 2. The lowest BCUT2D eigenvalue weighted by Crippen LogP contribution is -2.49. The molecule has 0 atom stereocenters. The number of urea groups is 1. The van der Waals surface area contributed by atoms with Crippen LogP contribution in [0.5, 0.6) is 5.75 Å². The standard InChI is InChI=1S/C26H33F4N3O2.C2HF3O2/c1-18(2)17-35-23-8-4-19(5-9-23)15-31-25(34)33(22-10-12-32(3)13-11-22)16-20-6-7-21(14-24(20)27)26(28,29)30;3-2(4,5)1(6)7/h4-9,14,18,22H,10-13,15-17H2,1-3H3,(H,31,34);(H,6,7). The molecule has 0 aromatic heterocycles. The molecule has 0 saturated carbocycles. The maximum atomic E-state index is 14.6. The predicted octanol–water partition coefficient (Wildman–Crippen LogP) is 6.32. The number of carbonyl (C=O) groups excluding carboxylic acids is 1. The molecule has 0 unspecified atom stereocenters. The lowest BCUT2D eigenvalue weighted by molar-refractivity contribution is -0.192. The molecule has 2 amide bonds. The summed E-state index contributed by atoms with van der Waals surface area (Å²) in [6, 6.07) is 9.36. The second-order valence-corrected chi connectivity index (χ2v) is 10.3. The largest absolute Gasteiger partial charge is 0.493 e. The molecular formula is C28H34F7N3O4. The van der Waals surface area contributed by atoms with E-state index < -0.39 is 29.7 Å². The van der Waals surface area contributed by atoms with Crippen molar-refractivity contribution in [3.05, 3.63) is 65.0 Å². The number of nitrogens with zero attached hydrogens (tertiary/aromatic N) is 2. The van der Waals surface area contributed by atoms with Gasteiger partial charge in [0.15, 0.2) is 0 Å². The van der Waals surface area contributed by atoms with Gasteiger partial charge < -0.3 is 25.0 Å². The van der Waals surface area contributed by atoms with Crippen molar-refractivity contribution in [1.29, 1.82) is 0 Å². The molecule has 2 aromatic rings. The summed E-state index contributed by atoms with van der Waals surface area (Å²) in [7, 11) is 1.99. The van der Waals surface area contributed by atoms with Gasteiger partial charge in [-0.15, -0.1) is 0 Å². The first-order chi connectivity index (χ1) is 19.5. The van der Waals surface area contributed by atoms with Crippen LogP contribution in [0.1, 0.15) is 43.4 Å². The highest BCUT2D eigenvalue weighted by atomic mass is 19.4. The molecule has 0 bridgehead atoms. The number of likely N-dealkylation sites (tertiary alicyclic amines) is 1. The van der Waals surface area contributed by atoms with Gasteiger partial charge in [0.25, 0.3) is 0 Å². The van der Waals surface area contributed by atoms with Gasteiger partial charge in [0, 0.05) is 18.2 Å². The number of piperidine rings is 1. The molecule has 3 rings (SSSR count). The normalized spacial score (nSPS) is 14.6. The molecule has 1 saturated heterocycles. The molecule has 0 spiro atoms. The van der Waals surface area contributed by atoms with E-state index in [0.717, 1.165) is 36.5 Å². The first-order valence-corrected chi connectivity index (χ1v) is 13.1. The van der Waals surface area contributed by atoms with Gasteiger partial charge in [-0.25, -0.2) is 14.0 Å². The molecule has 1 fully saturated rings. The van der Waals surface area contributed by atoms with E-state index in [1.807, 2.05) is 31.3 Å². The Bertz CT molecular complexity index is 1160. The number of alkyl halides is 6. The van der Waals surface area contributed by atoms with Crippen molar-refractivity contribution in [3.63, 3.8) is 0 Å². The molecule has 1 aliphatic heterocycles. The Morgan fingerprint density at radius 1 is 1.05 bits per heavy atom. The van der Waals surface area contributed by atoms with Crippen molar-refractivity contribution in [2.24, 2.45) is 5.92 Å². The second kappa shape index (κ2) is 15.1. The molecule has 1 aliphatic rings. The quantitative estimate of drug-likeness (QED) is 0.343. The first-order valence-electron chi connectivity index (χ1n) is 13.1. The van der Waals surface area contributed by atoms with Crippen LogP contribution in [0, 0.1) is 11.7 Å². The van der Waals surface area contributed by atoms with Gasteiger partial charge in [0.1, 0.15) is 11.6 Å². The van der Waals surface area contributed by atoms with Crippen molar-refractivity contribution in [1.82, 2.24) is 15.1 Å². The molecule has 234 valence electrons. The van der Waals surface area contributed by atoms with Gasteiger partial charge in [0.05, 0.1) is 18.7 Å². The number of carboxylic acids is 1. The van der Waals surface area contributed by atoms with Gasteiger partial charge in [-0.1, -0.05) is 32.0 Å². The van der Waals surface area contributed by atoms with Crippen LogP contribution >= 0.6 is 0 Å². The van der Waals surface area contributed by atoms with Gasteiger partial charge in [-0.2, -0.15) is 26.3 Å². The molecule has 0 aliphatic carbocycles. The van der Waals surface area contributed by atoms with E-state index in [-0.39, 0.29) is 30.7 Å². The van der Waals surface area contributed by atoms with E-state index in [0.29, 0.717) is 31.4 Å². The summed E-state index contributed by atoms with van der Waals surface area (Å²) in [5.41, 5.74) is -0.118. The fourth-order valence-corrected chi connectivity index (χ4v) is 3.95. The molecule has 1 heterocycles. The summed E-state index contributed by atoms with van der Waals surface area (Å²) in [5.74, 6) is -2.57. The third-order valence-electron chi connectivity index (χ3n) is 6.30. The summed E-state index contributed by atoms with van der Waals surface area (Å²) >= 11 is 0. The van der Waals surface area contributed by atoms with Crippen molar-refractivity contribution in [2.75, 3.05) is 26.7 Å². The number of hydrogen-bond donors (Lipinski definition) is 2. The fraction of sp³-hybridized carbons (Fsp3) is 0.500. The number of amides is 2. The van der Waals surface area contributed by atoms with Crippen molar-refractivity contribution in [2.45, 2.75) is 58.2 Å². The highest BCUT2D eigenvalue weighted by Gasteiger charge is 2.38. The van der Waals surface area contributed by atoms with Crippen LogP contribution in [0.3, 0.4) is 0 Å². The summed E-state index contributed by atoms with van der Waals surface area (Å²) in [4.78, 5) is 25.7. The van der Waals surface area contributed by atoms with Gasteiger partial charge in [0.2, 0.25) is 0 Å². The molecule has 2 N–H and O–H groups in total. The van der Waals surface area contributed by atoms with Crippen LogP contribution in [0.4, 0.5) is 35.5 Å². The van der Waals surface area contributed by atoms with Crippen molar-refractivity contribution in [3.8, 4) is 5.75 Å². The first kappa shape index (κ1) is 34.7. The van der Waals surface area contributed by atoms with Crippen molar-refractivity contribution >= 4 is 12.0 Å². The SMILES string of the molecule is CC(C)COc1ccc(CNC(=O)N(Cc2ccc(C(F)(F)F)cc2F)C2CCN(C)CC2)cc1.O=C(O)C(F)(F)F. The minimum Gasteiger partial charge on any atom is -0.493 e. The van der Waals surface area contributed by atoms with E-state index in [1.54, 1.807) is 4.90 Å². The number of ether oxygens (including phenoxy) is 1. The Balaban J connectivity index is 0.000000782. The van der Waals surface area contributed by atoms with E-state index in [1.165, 1.54) is 0 Å². The number of benzene rings is 2. The van der Waals surface area contributed by atoms with E-state index in [9.17, 15) is 35.5 Å². The third kappa shape index (κ3) is 11.4. The maximum Gasteiger partial charge on any atom is 0.490 e. The number of aliphatic carboxylic acids is 1. The number of carboxylic acid groups (broad SMARTS) is 1. The Kier molecular flexibility index (Phi) is 12.4. The number of halogens is 7.